The van der Waals surface area contributed by atoms with Crippen LogP contribution in [0.2, 0.25) is 0 Å². The molecule has 0 bridgehead atoms. The maximum Gasteiger partial charge on any atom is 0.179 e. The van der Waals surface area contributed by atoms with Gasteiger partial charge in [-0.2, -0.15) is 5.10 Å². The van der Waals surface area contributed by atoms with Crippen molar-refractivity contribution >= 4 is 61.8 Å². The van der Waals surface area contributed by atoms with Crippen LogP contribution in [0.4, 0.5) is 22.9 Å². The second kappa shape index (κ2) is 8.83. The van der Waals surface area contributed by atoms with Gasteiger partial charge in [-0.1, -0.05) is 52.3 Å². The molecule has 0 saturated heterocycles. The molecule has 8 heteroatoms. The van der Waals surface area contributed by atoms with E-state index in [9.17, 15) is 0 Å². The van der Waals surface area contributed by atoms with Crippen molar-refractivity contribution in [3.05, 3.63) is 117 Å². The number of fused-ring (bicyclic) bond motifs is 4. The lowest BCUT2D eigenvalue weighted by molar-refractivity contribution is 0.830. The van der Waals surface area contributed by atoms with Crippen LogP contribution in [0.1, 0.15) is 22.2 Å². The first-order valence-electron chi connectivity index (χ1n) is 11.9. The van der Waals surface area contributed by atoms with Crippen molar-refractivity contribution in [1.29, 1.82) is 0 Å². The molecule has 1 unspecified atom stereocenters. The van der Waals surface area contributed by atoms with Gasteiger partial charge in [-0.15, -0.1) is 11.3 Å². The summed E-state index contributed by atoms with van der Waals surface area (Å²) < 4.78 is 2.98. The zero-order valence-electron chi connectivity index (χ0n) is 19.8. The Morgan fingerprint density at radius 2 is 1.65 bits per heavy atom. The standard InChI is InChI=1S/C29H21BrN6S/c1-18-25-26(24-12-7-17-37-24)35-23-11-6-5-10-22(23)32-27(31-20-15-13-19(30)14-16-20)29(35)33-28(25)36(34-18)21-8-3-2-4-9-21/h2-17,26H,1H3,(H,31,32). The first-order valence-corrected chi connectivity index (χ1v) is 13.6. The predicted molar refractivity (Wildman–Crippen MR) is 155 cm³/mol. The number of aliphatic imine (C=N–C) groups is 2. The van der Waals surface area contributed by atoms with Crippen molar-refractivity contribution in [2.75, 3.05) is 10.2 Å². The van der Waals surface area contributed by atoms with Gasteiger partial charge in [-0.05, 0) is 66.9 Å². The lowest BCUT2D eigenvalue weighted by Crippen LogP contribution is -2.46. The van der Waals surface area contributed by atoms with E-state index in [0.29, 0.717) is 5.84 Å². The normalized spacial score (nSPS) is 15.8. The Balaban J connectivity index is 1.49. The number of aromatic nitrogens is 2. The van der Waals surface area contributed by atoms with Gasteiger partial charge in [0, 0.05) is 20.6 Å². The van der Waals surface area contributed by atoms with Gasteiger partial charge in [-0.25, -0.2) is 14.7 Å². The molecule has 0 amide bonds. The number of aryl methyl sites for hydroxylation is 1. The van der Waals surface area contributed by atoms with Crippen LogP contribution in [0.3, 0.4) is 0 Å². The van der Waals surface area contributed by atoms with Crippen molar-refractivity contribution in [2.24, 2.45) is 9.98 Å². The summed E-state index contributed by atoms with van der Waals surface area (Å²) in [5.74, 6) is 2.30. The lowest BCUT2D eigenvalue weighted by atomic mass is 9.98. The Morgan fingerprint density at radius 1 is 0.865 bits per heavy atom. The topological polar surface area (TPSA) is 57.8 Å². The summed E-state index contributed by atoms with van der Waals surface area (Å²) in [4.78, 5) is 13.8. The lowest BCUT2D eigenvalue weighted by Gasteiger charge is -2.40. The van der Waals surface area contributed by atoms with Crippen molar-refractivity contribution < 1.29 is 0 Å². The number of thiophene rings is 1. The molecule has 2 aromatic heterocycles. The molecule has 0 saturated carbocycles. The summed E-state index contributed by atoms with van der Waals surface area (Å²) in [6.07, 6.45) is 0. The molecular formula is C29H21BrN6S. The van der Waals surface area contributed by atoms with E-state index in [1.807, 2.05) is 53.2 Å². The molecule has 0 fully saturated rings. The quantitative estimate of drug-likeness (QED) is 0.243. The third kappa shape index (κ3) is 3.72. The van der Waals surface area contributed by atoms with Gasteiger partial charge in [0.1, 0.15) is 6.04 Å². The highest BCUT2D eigenvalue weighted by atomic mass is 79.9. The molecular weight excluding hydrogens is 544 g/mol. The number of anilines is 2. The minimum absolute atomic E-state index is 0.0849. The fourth-order valence-electron chi connectivity index (χ4n) is 4.93. The highest BCUT2D eigenvalue weighted by Crippen LogP contribution is 2.49. The molecule has 3 aromatic carbocycles. The number of rotatable bonds is 3. The Kier molecular flexibility index (Phi) is 5.30. The zero-order chi connectivity index (χ0) is 24.9. The molecule has 1 atom stereocenters. The maximum absolute atomic E-state index is 5.26. The molecule has 0 spiro atoms. The first-order chi connectivity index (χ1) is 18.2. The van der Waals surface area contributed by atoms with Crippen molar-refractivity contribution in [2.45, 2.75) is 13.0 Å². The number of amidine groups is 2. The van der Waals surface area contributed by atoms with Crippen molar-refractivity contribution in [3.63, 3.8) is 0 Å². The molecule has 0 aliphatic carbocycles. The number of halogens is 1. The van der Waals surface area contributed by atoms with Gasteiger partial charge < -0.3 is 10.2 Å². The summed E-state index contributed by atoms with van der Waals surface area (Å²) >= 11 is 5.27. The van der Waals surface area contributed by atoms with E-state index in [1.54, 1.807) is 11.3 Å². The Bertz CT molecular complexity index is 1670. The summed E-state index contributed by atoms with van der Waals surface area (Å²) in [5.41, 5.74) is 5.91. The number of para-hydroxylation sites is 3. The maximum atomic E-state index is 5.26. The second-order valence-electron chi connectivity index (χ2n) is 8.87. The third-order valence-electron chi connectivity index (χ3n) is 6.56. The van der Waals surface area contributed by atoms with Crippen LogP contribution in [-0.2, 0) is 0 Å². The van der Waals surface area contributed by atoms with Crippen molar-refractivity contribution in [3.8, 4) is 5.69 Å². The van der Waals surface area contributed by atoms with E-state index in [0.717, 1.165) is 50.1 Å². The van der Waals surface area contributed by atoms with E-state index < -0.39 is 0 Å². The van der Waals surface area contributed by atoms with Crippen LogP contribution in [0.5, 0.6) is 0 Å². The number of hydrogen-bond donors (Lipinski definition) is 1. The summed E-state index contributed by atoms with van der Waals surface area (Å²) in [6, 6.07) is 30.7. The number of benzene rings is 3. The summed E-state index contributed by atoms with van der Waals surface area (Å²) in [7, 11) is 0. The number of nitrogens with zero attached hydrogens (tertiary/aromatic N) is 5. The molecule has 5 aromatic rings. The monoisotopic (exact) mass is 564 g/mol. The highest BCUT2D eigenvalue weighted by Gasteiger charge is 2.41. The number of hydrogen-bond acceptors (Lipinski definition) is 6. The smallest absolute Gasteiger partial charge is 0.179 e. The molecule has 1 N–H and O–H groups in total. The molecule has 6 nitrogen and oxygen atoms in total. The fraction of sp³-hybridized carbons (Fsp3) is 0.0690. The molecule has 0 radical (unpaired) electrons. The summed E-state index contributed by atoms with van der Waals surface area (Å²) in [6.45, 7) is 2.07. The van der Waals surface area contributed by atoms with Crippen LogP contribution in [-0.4, -0.2) is 21.5 Å². The van der Waals surface area contributed by atoms with Gasteiger partial charge >= 0.3 is 0 Å². The Hall–Kier alpha value is -4.01. The van der Waals surface area contributed by atoms with E-state index in [2.05, 4.69) is 80.9 Å². The number of nitrogens with one attached hydrogen (secondary N) is 1. The minimum atomic E-state index is -0.0849. The van der Waals surface area contributed by atoms with Crippen LogP contribution in [0, 0.1) is 6.92 Å². The molecule has 7 rings (SSSR count). The fourth-order valence-corrected chi connectivity index (χ4v) is 6.02. The van der Waals surface area contributed by atoms with Crippen LogP contribution in [0.15, 0.2) is 111 Å². The second-order valence-corrected chi connectivity index (χ2v) is 10.8. The van der Waals surface area contributed by atoms with Crippen LogP contribution in [0.25, 0.3) is 5.69 Å². The van der Waals surface area contributed by atoms with Gasteiger partial charge in [0.15, 0.2) is 17.5 Å². The molecule has 37 heavy (non-hydrogen) atoms. The average molecular weight is 566 g/mol. The van der Waals surface area contributed by atoms with E-state index in [1.165, 1.54) is 4.88 Å². The van der Waals surface area contributed by atoms with Gasteiger partial charge in [0.05, 0.1) is 22.8 Å². The molecule has 2 aliphatic heterocycles. The van der Waals surface area contributed by atoms with E-state index in [4.69, 9.17) is 15.1 Å². The molecule has 4 heterocycles. The largest absolute Gasteiger partial charge is 0.337 e. The Morgan fingerprint density at radius 3 is 2.43 bits per heavy atom. The molecule has 180 valence electrons. The zero-order valence-corrected chi connectivity index (χ0v) is 22.2. The van der Waals surface area contributed by atoms with Crippen LogP contribution >= 0.6 is 27.3 Å². The SMILES string of the molecule is Cc1nn(-c2ccccc2)c2c1C(c1cccs1)N1C(=N2)C(Nc2ccc(Br)cc2)=Nc2ccccc21. The van der Waals surface area contributed by atoms with Crippen molar-refractivity contribution in [1.82, 2.24) is 9.78 Å². The first kappa shape index (κ1) is 22.2. The van der Waals surface area contributed by atoms with Gasteiger partial charge in [-0.3, -0.25) is 0 Å². The summed E-state index contributed by atoms with van der Waals surface area (Å²) in [5, 5.41) is 10.6. The van der Waals surface area contributed by atoms with Crippen LogP contribution < -0.4 is 10.2 Å². The van der Waals surface area contributed by atoms with E-state index in [-0.39, 0.29) is 6.04 Å². The van der Waals surface area contributed by atoms with E-state index >= 15 is 0 Å². The highest BCUT2D eigenvalue weighted by molar-refractivity contribution is 9.10. The minimum Gasteiger partial charge on any atom is -0.337 e. The molecule has 2 aliphatic rings. The third-order valence-corrected chi connectivity index (χ3v) is 8.01. The van der Waals surface area contributed by atoms with Gasteiger partial charge in [0.25, 0.3) is 0 Å². The Labute approximate surface area is 226 Å². The predicted octanol–water partition coefficient (Wildman–Crippen LogP) is 7.80. The van der Waals surface area contributed by atoms with Gasteiger partial charge in [0.2, 0.25) is 0 Å². The average Bonchev–Trinajstić information content (AvgIpc) is 3.58.